The van der Waals surface area contributed by atoms with Crippen LogP contribution in [0.3, 0.4) is 0 Å². The number of nitrogens with zero attached hydrogens (tertiary/aromatic N) is 2. The summed E-state index contributed by atoms with van der Waals surface area (Å²) in [6.07, 6.45) is 2.85. The first kappa shape index (κ1) is 25.8. The Morgan fingerprint density at radius 3 is 2.37 bits per heavy atom. The maximum Gasteiger partial charge on any atom is 0.396 e. The Bertz CT molecular complexity index is 1880. The van der Waals surface area contributed by atoms with Crippen LogP contribution in [0.1, 0.15) is 47.8 Å². The van der Waals surface area contributed by atoms with Crippen molar-refractivity contribution in [3.8, 4) is 0 Å². The van der Waals surface area contributed by atoms with E-state index in [0.717, 1.165) is 26.8 Å². The molecule has 0 fully saturated rings. The van der Waals surface area contributed by atoms with E-state index in [1.807, 2.05) is 33.8 Å². The predicted octanol–water partition coefficient (Wildman–Crippen LogP) is 6.35. The molecule has 0 aliphatic carbocycles. The van der Waals surface area contributed by atoms with E-state index in [2.05, 4.69) is 4.98 Å². The first-order valence-corrected chi connectivity index (χ1v) is 14.2. The van der Waals surface area contributed by atoms with Crippen molar-refractivity contribution in [2.75, 3.05) is 4.31 Å². The van der Waals surface area contributed by atoms with Crippen molar-refractivity contribution in [1.29, 1.82) is 0 Å². The molecule has 0 aliphatic heterocycles. The molecule has 0 radical (unpaired) electrons. The number of rotatable bonds is 4. The van der Waals surface area contributed by atoms with Crippen molar-refractivity contribution in [2.45, 2.75) is 44.9 Å². The van der Waals surface area contributed by atoms with E-state index in [1.54, 1.807) is 43.3 Å². The highest BCUT2D eigenvalue weighted by atomic mass is 32.2. The van der Waals surface area contributed by atoms with Gasteiger partial charge in [0.15, 0.2) is 5.58 Å². The molecule has 7 nitrogen and oxygen atoms in total. The van der Waals surface area contributed by atoms with E-state index in [9.17, 15) is 18.0 Å². The van der Waals surface area contributed by atoms with E-state index in [0.29, 0.717) is 26.6 Å². The number of anilines is 1. The molecule has 0 saturated carbocycles. The molecule has 2 heterocycles. The average molecular weight is 547 g/mol. The van der Waals surface area contributed by atoms with E-state index in [4.69, 9.17) is 4.42 Å². The van der Waals surface area contributed by atoms with Gasteiger partial charge < -0.3 is 4.42 Å². The smallest absolute Gasteiger partial charge is 0.396 e. The van der Waals surface area contributed by atoms with Gasteiger partial charge in [-0.3, -0.25) is 9.78 Å². The second-order valence-electron chi connectivity index (χ2n) is 10.2. The molecule has 9 heteroatoms. The number of pyridine rings is 1. The van der Waals surface area contributed by atoms with Crippen LogP contribution in [-0.2, 0) is 15.4 Å². The normalized spacial score (nSPS) is 12.2. The average Bonchev–Trinajstić information content (AvgIpc) is 3.25. The molecule has 0 bridgehead atoms. The van der Waals surface area contributed by atoms with Crippen molar-refractivity contribution >= 4 is 54.0 Å². The standard InChI is InChI=1S/C29H26N2O5S2/c1-17-13-20(29(3,4)5)14-25(18(17)2)38(34,35)31(27(32)19-9-8-12-30-16-19)23-15-24-26(36-28(33)37-24)22-11-7-6-10-21(22)23/h6-16H,1-5H3. The van der Waals surface area contributed by atoms with Crippen molar-refractivity contribution < 1.29 is 17.6 Å². The molecule has 5 aromatic rings. The van der Waals surface area contributed by atoms with Gasteiger partial charge in [0.05, 0.1) is 20.8 Å². The summed E-state index contributed by atoms with van der Waals surface area (Å²) in [6, 6.07) is 15.2. The Morgan fingerprint density at radius 2 is 1.71 bits per heavy atom. The zero-order valence-corrected chi connectivity index (χ0v) is 23.2. The largest absolute Gasteiger partial charge is 0.413 e. The molecule has 3 aromatic carbocycles. The third-order valence-electron chi connectivity index (χ3n) is 6.63. The SMILES string of the molecule is Cc1cc(C(C)(C)C)cc(S(=O)(=O)N(C(=O)c2cccnc2)c2cc3sc(=O)oc3c3ccccc23)c1C. The summed E-state index contributed by atoms with van der Waals surface area (Å²) in [4.78, 5) is 29.8. The number of hydrogen-bond donors (Lipinski definition) is 0. The molecule has 0 N–H and O–H groups in total. The molecule has 38 heavy (non-hydrogen) atoms. The van der Waals surface area contributed by atoms with Gasteiger partial charge in [0, 0.05) is 23.2 Å². The number of hydrogen-bond acceptors (Lipinski definition) is 7. The number of amides is 1. The lowest BCUT2D eigenvalue weighted by molar-refractivity contribution is 0.100. The van der Waals surface area contributed by atoms with E-state index in [1.165, 1.54) is 24.5 Å². The molecule has 1 amide bonds. The summed E-state index contributed by atoms with van der Waals surface area (Å²) in [5.41, 5.74) is 2.47. The second-order valence-corrected chi connectivity index (χ2v) is 12.9. The highest BCUT2D eigenvalue weighted by Gasteiger charge is 2.36. The fraction of sp³-hybridized carbons (Fsp3) is 0.207. The molecule has 0 unspecified atom stereocenters. The van der Waals surface area contributed by atoms with Gasteiger partial charge in [-0.15, -0.1) is 0 Å². The van der Waals surface area contributed by atoms with Crippen LogP contribution in [-0.4, -0.2) is 19.3 Å². The monoisotopic (exact) mass is 546 g/mol. The van der Waals surface area contributed by atoms with Crippen LogP contribution >= 0.6 is 11.3 Å². The van der Waals surface area contributed by atoms with Crippen LogP contribution in [0.4, 0.5) is 5.69 Å². The summed E-state index contributed by atoms with van der Waals surface area (Å²) >= 11 is 0.857. The molecule has 0 aliphatic rings. The third-order valence-corrected chi connectivity index (χ3v) is 9.23. The highest BCUT2D eigenvalue weighted by molar-refractivity contribution is 7.93. The summed E-state index contributed by atoms with van der Waals surface area (Å²) in [6.45, 7) is 9.63. The fourth-order valence-electron chi connectivity index (χ4n) is 4.43. The minimum atomic E-state index is -4.44. The number of aryl methyl sites for hydroxylation is 1. The van der Waals surface area contributed by atoms with Gasteiger partial charge in [-0.25, -0.2) is 13.2 Å². The van der Waals surface area contributed by atoms with Gasteiger partial charge in [-0.2, -0.15) is 4.31 Å². The van der Waals surface area contributed by atoms with Crippen molar-refractivity contribution in [3.63, 3.8) is 0 Å². The molecular weight excluding hydrogens is 520 g/mol. The number of sulfonamides is 1. The lowest BCUT2D eigenvalue weighted by Gasteiger charge is -2.27. The first-order valence-electron chi connectivity index (χ1n) is 12.0. The first-order chi connectivity index (χ1) is 17.9. The molecule has 194 valence electrons. The number of carbonyl (C=O) groups excluding carboxylic acids is 1. The van der Waals surface area contributed by atoms with Gasteiger partial charge in [-0.05, 0) is 60.2 Å². The predicted molar refractivity (Wildman–Crippen MR) is 151 cm³/mol. The van der Waals surface area contributed by atoms with Crippen LogP contribution in [0.15, 0.2) is 81.1 Å². The van der Waals surface area contributed by atoms with Crippen molar-refractivity contribution in [2.24, 2.45) is 0 Å². The Morgan fingerprint density at radius 1 is 1.00 bits per heavy atom. The van der Waals surface area contributed by atoms with Crippen molar-refractivity contribution in [3.05, 3.63) is 99.0 Å². The topological polar surface area (TPSA) is 97.5 Å². The van der Waals surface area contributed by atoms with Gasteiger partial charge >= 0.3 is 4.94 Å². The lowest BCUT2D eigenvalue weighted by atomic mass is 9.85. The summed E-state index contributed by atoms with van der Waals surface area (Å²) in [5, 5.41) is 0.998. The summed E-state index contributed by atoms with van der Waals surface area (Å²) in [5.74, 6) is -0.753. The summed E-state index contributed by atoms with van der Waals surface area (Å²) < 4.78 is 35.9. The number of fused-ring (bicyclic) bond motifs is 3. The number of benzene rings is 3. The molecule has 0 saturated heterocycles. The van der Waals surface area contributed by atoms with Crippen LogP contribution in [0, 0.1) is 13.8 Å². The third kappa shape index (κ3) is 4.31. The Balaban J connectivity index is 1.88. The van der Waals surface area contributed by atoms with Crippen LogP contribution in [0.2, 0.25) is 0 Å². The van der Waals surface area contributed by atoms with Crippen molar-refractivity contribution in [1.82, 2.24) is 4.98 Å². The Hall–Kier alpha value is -3.82. The number of carbonyl (C=O) groups is 1. The fourth-order valence-corrected chi connectivity index (χ4v) is 6.90. The molecule has 0 atom stereocenters. The van der Waals surface area contributed by atoms with Gasteiger partial charge in [0.1, 0.15) is 0 Å². The van der Waals surface area contributed by atoms with E-state index < -0.39 is 20.9 Å². The molecule has 5 rings (SSSR count). The number of aromatic nitrogens is 1. The maximum absolute atomic E-state index is 14.6. The molecular formula is C29H26N2O5S2. The molecule has 2 aromatic heterocycles. The van der Waals surface area contributed by atoms with E-state index in [-0.39, 0.29) is 21.6 Å². The van der Waals surface area contributed by atoms with Crippen LogP contribution in [0.5, 0.6) is 0 Å². The summed E-state index contributed by atoms with van der Waals surface area (Å²) in [7, 11) is -4.44. The van der Waals surface area contributed by atoms with Crippen LogP contribution in [0.25, 0.3) is 21.1 Å². The highest BCUT2D eigenvalue weighted by Crippen LogP contribution is 2.39. The molecule has 0 spiro atoms. The second kappa shape index (κ2) is 9.18. The minimum Gasteiger partial charge on any atom is -0.413 e. The Kier molecular flexibility index (Phi) is 6.24. The Labute approximate surface area is 224 Å². The van der Waals surface area contributed by atoms with E-state index >= 15 is 0 Å². The minimum absolute atomic E-state index is 0.0456. The maximum atomic E-state index is 14.6. The van der Waals surface area contributed by atoms with Gasteiger partial charge in [0.25, 0.3) is 15.9 Å². The van der Waals surface area contributed by atoms with Crippen LogP contribution < -0.4 is 9.24 Å². The zero-order valence-electron chi connectivity index (χ0n) is 21.6. The zero-order chi connectivity index (χ0) is 27.4. The van der Waals surface area contributed by atoms with Gasteiger partial charge in [-0.1, -0.05) is 62.4 Å². The van der Waals surface area contributed by atoms with Gasteiger partial charge in [0.2, 0.25) is 0 Å². The quantitative estimate of drug-likeness (QED) is 0.260. The lowest BCUT2D eigenvalue weighted by Crippen LogP contribution is -2.38.